The Kier molecular flexibility index (Phi) is 3.74. The third-order valence-electron chi connectivity index (χ3n) is 4.50. The standard InChI is InChI=1S/C17H20N6O2/c1-10(2)16-20-14(21-25-16)13-5-4-7-22(13)17(24)12-9-18-23-8-6-11(3)19-15(12)23/h6,8-10,13H,4-5,7H2,1-3H3/t13-/m0/s1. The Morgan fingerprint density at radius 3 is 2.96 bits per heavy atom. The van der Waals surface area contributed by atoms with Crippen LogP contribution < -0.4 is 0 Å². The number of nitrogens with zero attached hydrogens (tertiary/aromatic N) is 6. The summed E-state index contributed by atoms with van der Waals surface area (Å²) in [6, 6.07) is 1.70. The Morgan fingerprint density at radius 1 is 1.36 bits per heavy atom. The molecule has 8 heteroatoms. The van der Waals surface area contributed by atoms with E-state index >= 15 is 0 Å². The van der Waals surface area contributed by atoms with Crippen LogP contribution in [0.2, 0.25) is 0 Å². The number of likely N-dealkylation sites (tertiary alicyclic amines) is 1. The monoisotopic (exact) mass is 340 g/mol. The molecule has 0 radical (unpaired) electrons. The molecule has 1 fully saturated rings. The number of fused-ring (bicyclic) bond motifs is 1. The summed E-state index contributed by atoms with van der Waals surface area (Å²) >= 11 is 0. The maximum Gasteiger partial charge on any atom is 0.259 e. The van der Waals surface area contributed by atoms with Crippen molar-refractivity contribution in [3.8, 4) is 0 Å². The fraction of sp³-hybridized carbons (Fsp3) is 0.471. The van der Waals surface area contributed by atoms with Gasteiger partial charge in [0.05, 0.1) is 12.2 Å². The van der Waals surface area contributed by atoms with E-state index in [1.807, 2.05) is 33.0 Å². The molecule has 0 bridgehead atoms. The summed E-state index contributed by atoms with van der Waals surface area (Å²) < 4.78 is 6.94. The fourth-order valence-electron chi connectivity index (χ4n) is 3.16. The molecular formula is C17H20N6O2. The quantitative estimate of drug-likeness (QED) is 0.728. The van der Waals surface area contributed by atoms with Gasteiger partial charge in [-0.25, -0.2) is 9.50 Å². The molecular weight excluding hydrogens is 320 g/mol. The number of amides is 1. The Balaban J connectivity index is 1.67. The number of rotatable bonds is 3. The molecule has 0 unspecified atom stereocenters. The van der Waals surface area contributed by atoms with Crippen LogP contribution in [0.3, 0.4) is 0 Å². The van der Waals surface area contributed by atoms with E-state index in [1.54, 1.807) is 15.6 Å². The molecule has 8 nitrogen and oxygen atoms in total. The number of aromatic nitrogens is 5. The summed E-state index contributed by atoms with van der Waals surface area (Å²) in [5.41, 5.74) is 1.93. The van der Waals surface area contributed by atoms with Gasteiger partial charge in [-0.1, -0.05) is 19.0 Å². The third-order valence-corrected chi connectivity index (χ3v) is 4.50. The Bertz CT molecular complexity index is 928. The molecule has 0 spiro atoms. The van der Waals surface area contributed by atoms with Gasteiger partial charge in [-0.2, -0.15) is 10.1 Å². The minimum atomic E-state index is -0.163. The second-order valence-electron chi connectivity index (χ2n) is 6.70. The highest BCUT2D eigenvalue weighted by atomic mass is 16.5. The summed E-state index contributed by atoms with van der Waals surface area (Å²) in [6.07, 6.45) is 5.13. The second kappa shape index (κ2) is 5.94. The SMILES string of the molecule is Cc1ccn2ncc(C(=O)N3CCC[C@H]3c3noc(C(C)C)n3)c2n1. The van der Waals surface area contributed by atoms with Gasteiger partial charge < -0.3 is 9.42 Å². The first-order chi connectivity index (χ1) is 12.0. The molecule has 1 aliphatic heterocycles. The summed E-state index contributed by atoms with van der Waals surface area (Å²) in [7, 11) is 0. The van der Waals surface area contributed by atoms with Crippen molar-refractivity contribution in [1.82, 2.24) is 29.6 Å². The Labute approximate surface area is 144 Å². The van der Waals surface area contributed by atoms with Gasteiger partial charge in [0.2, 0.25) is 5.89 Å². The van der Waals surface area contributed by atoms with Crippen LogP contribution in [0.5, 0.6) is 0 Å². The maximum atomic E-state index is 13.1. The minimum absolute atomic E-state index is 0.0912. The van der Waals surface area contributed by atoms with Crippen LogP contribution in [0.4, 0.5) is 0 Å². The van der Waals surface area contributed by atoms with Crippen LogP contribution in [0.25, 0.3) is 5.65 Å². The predicted octanol–water partition coefficient (Wildman–Crippen LogP) is 2.52. The molecule has 0 N–H and O–H groups in total. The number of hydrogen-bond donors (Lipinski definition) is 0. The van der Waals surface area contributed by atoms with Crippen LogP contribution in [-0.4, -0.2) is 42.1 Å². The van der Waals surface area contributed by atoms with E-state index in [0.717, 1.165) is 18.5 Å². The molecule has 4 heterocycles. The van der Waals surface area contributed by atoms with E-state index in [9.17, 15) is 4.79 Å². The normalized spacial score (nSPS) is 17.8. The number of hydrogen-bond acceptors (Lipinski definition) is 6. The summed E-state index contributed by atoms with van der Waals surface area (Å²) in [6.45, 7) is 6.56. The average Bonchev–Trinajstić information content (AvgIpc) is 3.31. The lowest BCUT2D eigenvalue weighted by molar-refractivity contribution is 0.0730. The van der Waals surface area contributed by atoms with Crippen LogP contribution >= 0.6 is 0 Å². The van der Waals surface area contributed by atoms with Gasteiger partial charge in [0.25, 0.3) is 5.91 Å². The van der Waals surface area contributed by atoms with E-state index in [1.165, 1.54) is 0 Å². The van der Waals surface area contributed by atoms with Gasteiger partial charge in [0.15, 0.2) is 11.5 Å². The van der Waals surface area contributed by atoms with Gasteiger partial charge in [-0.15, -0.1) is 0 Å². The predicted molar refractivity (Wildman–Crippen MR) is 89.1 cm³/mol. The first-order valence-electron chi connectivity index (χ1n) is 8.50. The summed E-state index contributed by atoms with van der Waals surface area (Å²) in [5.74, 6) is 1.25. The lowest BCUT2D eigenvalue weighted by Crippen LogP contribution is -2.31. The molecule has 4 rings (SSSR count). The van der Waals surface area contributed by atoms with Crippen molar-refractivity contribution >= 4 is 11.6 Å². The smallest absolute Gasteiger partial charge is 0.259 e. The van der Waals surface area contributed by atoms with Gasteiger partial charge in [-0.05, 0) is 25.8 Å². The van der Waals surface area contributed by atoms with Crippen molar-refractivity contribution < 1.29 is 9.32 Å². The van der Waals surface area contributed by atoms with Crippen molar-refractivity contribution in [3.63, 3.8) is 0 Å². The zero-order valence-corrected chi connectivity index (χ0v) is 14.5. The lowest BCUT2D eigenvalue weighted by Gasteiger charge is -2.21. The molecule has 130 valence electrons. The van der Waals surface area contributed by atoms with Crippen molar-refractivity contribution in [2.75, 3.05) is 6.54 Å². The van der Waals surface area contributed by atoms with E-state index in [2.05, 4.69) is 20.2 Å². The van der Waals surface area contributed by atoms with E-state index in [0.29, 0.717) is 29.5 Å². The highest BCUT2D eigenvalue weighted by molar-refractivity contribution is 6.00. The van der Waals surface area contributed by atoms with E-state index in [4.69, 9.17) is 4.52 Å². The molecule has 1 saturated heterocycles. The first-order valence-corrected chi connectivity index (χ1v) is 8.50. The molecule has 0 saturated carbocycles. The first kappa shape index (κ1) is 15.7. The molecule has 1 atom stereocenters. The van der Waals surface area contributed by atoms with Gasteiger partial charge in [0.1, 0.15) is 5.56 Å². The third kappa shape index (κ3) is 2.67. The van der Waals surface area contributed by atoms with Gasteiger partial charge in [-0.3, -0.25) is 4.79 Å². The van der Waals surface area contributed by atoms with Gasteiger partial charge >= 0.3 is 0 Å². The maximum absolute atomic E-state index is 13.1. The molecule has 1 amide bonds. The molecule has 0 aliphatic carbocycles. The topological polar surface area (TPSA) is 89.4 Å². The van der Waals surface area contributed by atoms with Gasteiger partial charge in [0, 0.05) is 24.4 Å². The minimum Gasteiger partial charge on any atom is -0.339 e. The number of aryl methyl sites for hydroxylation is 1. The van der Waals surface area contributed by atoms with E-state index < -0.39 is 0 Å². The molecule has 3 aromatic rings. The summed E-state index contributed by atoms with van der Waals surface area (Å²) in [5, 5.41) is 8.33. The zero-order valence-electron chi connectivity index (χ0n) is 14.5. The zero-order chi connectivity index (χ0) is 17.6. The number of carbonyl (C=O) groups is 1. The molecule has 25 heavy (non-hydrogen) atoms. The van der Waals surface area contributed by atoms with Crippen LogP contribution in [0.15, 0.2) is 23.0 Å². The average molecular weight is 340 g/mol. The highest BCUT2D eigenvalue weighted by Gasteiger charge is 2.35. The molecule has 0 aromatic carbocycles. The van der Waals surface area contributed by atoms with Crippen molar-refractivity contribution in [2.45, 2.75) is 45.6 Å². The van der Waals surface area contributed by atoms with Crippen molar-refractivity contribution in [1.29, 1.82) is 0 Å². The van der Waals surface area contributed by atoms with Crippen LogP contribution in [0.1, 0.15) is 66.4 Å². The summed E-state index contributed by atoms with van der Waals surface area (Å²) in [4.78, 5) is 23.8. The molecule has 3 aromatic heterocycles. The molecule has 1 aliphatic rings. The largest absolute Gasteiger partial charge is 0.339 e. The Hall–Kier alpha value is -2.77. The fourth-order valence-corrected chi connectivity index (χ4v) is 3.16. The lowest BCUT2D eigenvalue weighted by atomic mass is 10.2. The van der Waals surface area contributed by atoms with Crippen LogP contribution in [0, 0.1) is 6.92 Å². The highest BCUT2D eigenvalue weighted by Crippen LogP contribution is 2.32. The van der Waals surface area contributed by atoms with E-state index in [-0.39, 0.29) is 17.9 Å². The second-order valence-corrected chi connectivity index (χ2v) is 6.70. The Morgan fingerprint density at radius 2 is 2.20 bits per heavy atom. The number of carbonyl (C=O) groups excluding carboxylic acids is 1. The van der Waals surface area contributed by atoms with Crippen molar-refractivity contribution in [2.24, 2.45) is 0 Å². The van der Waals surface area contributed by atoms with Crippen LogP contribution in [-0.2, 0) is 0 Å². The van der Waals surface area contributed by atoms with Crippen molar-refractivity contribution in [3.05, 3.63) is 41.4 Å².